The van der Waals surface area contributed by atoms with Gasteiger partial charge in [-0.1, -0.05) is 11.6 Å². The summed E-state index contributed by atoms with van der Waals surface area (Å²) in [5.41, 5.74) is 0.835. The Morgan fingerprint density at radius 1 is 1.04 bits per heavy atom. The van der Waals surface area contributed by atoms with Crippen LogP contribution in [0.15, 0.2) is 53.5 Å². The second kappa shape index (κ2) is 13.1. The number of pyridine rings is 1. The van der Waals surface area contributed by atoms with Crippen LogP contribution < -0.4 is 31.0 Å². The van der Waals surface area contributed by atoms with E-state index in [1.807, 2.05) is 0 Å². The zero-order chi connectivity index (χ0) is 34.1. The number of fused-ring (bicyclic) bond motifs is 2. The molecule has 2 aromatic heterocycles. The number of hydrogen-bond donors (Lipinski definition) is 3. The van der Waals surface area contributed by atoms with Crippen molar-refractivity contribution in [2.45, 2.75) is 32.4 Å². The van der Waals surface area contributed by atoms with Gasteiger partial charge < -0.3 is 24.7 Å². The second-order valence-electron chi connectivity index (χ2n) is 10.9. The van der Waals surface area contributed by atoms with E-state index in [-0.39, 0.29) is 55.2 Å². The molecule has 0 spiro atoms. The van der Waals surface area contributed by atoms with Crippen molar-refractivity contribution < 1.29 is 33.4 Å². The number of ether oxygens (including phenoxy) is 2. The van der Waals surface area contributed by atoms with E-state index in [1.54, 1.807) is 25.1 Å². The van der Waals surface area contributed by atoms with Gasteiger partial charge in [0.2, 0.25) is 11.8 Å². The summed E-state index contributed by atoms with van der Waals surface area (Å²) in [6, 6.07) is 10.0. The van der Waals surface area contributed by atoms with Crippen molar-refractivity contribution in [3.05, 3.63) is 81.0 Å². The quantitative estimate of drug-likeness (QED) is 0.209. The first-order valence-electron chi connectivity index (χ1n) is 14.8. The number of halogens is 1. The zero-order valence-corrected chi connectivity index (χ0v) is 26.4. The van der Waals surface area contributed by atoms with Gasteiger partial charge in [-0.25, -0.2) is 9.97 Å². The number of benzene rings is 2. The molecule has 2 aliphatic rings. The number of amides is 5. The van der Waals surface area contributed by atoms with Crippen molar-refractivity contribution in [1.82, 2.24) is 30.1 Å². The van der Waals surface area contributed by atoms with Crippen LogP contribution >= 0.6 is 11.6 Å². The van der Waals surface area contributed by atoms with Crippen LogP contribution in [-0.4, -0.2) is 75.3 Å². The number of imide groups is 2. The maximum atomic E-state index is 13.5. The topological polar surface area (TPSA) is 191 Å². The zero-order valence-electron chi connectivity index (χ0n) is 25.7. The van der Waals surface area contributed by atoms with Gasteiger partial charge in [-0.2, -0.15) is 0 Å². The third-order valence-electron chi connectivity index (χ3n) is 7.82. The number of likely N-dealkylation sites (N-methyl/N-ethyl adjacent to an activating group) is 1. The molecule has 6 rings (SSSR count). The molecule has 4 aromatic rings. The number of aromatic nitrogens is 3. The normalized spacial score (nSPS) is 15.7. The fourth-order valence-corrected chi connectivity index (χ4v) is 5.59. The minimum atomic E-state index is -1.09. The lowest BCUT2D eigenvalue weighted by Gasteiger charge is -2.27. The Hall–Kier alpha value is -5.83. The van der Waals surface area contributed by atoms with Gasteiger partial charge in [0, 0.05) is 24.5 Å². The van der Waals surface area contributed by atoms with Crippen molar-refractivity contribution >= 4 is 63.5 Å². The van der Waals surface area contributed by atoms with Gasteiger partial charge in [-0.15, -0.1) is 0 Å². The molecule has 1 atom stereocenters. The standard InChI is InChI=1S/C32H28ClN7O8/c1-16-35-14-22(33)28(36-16)37-18-3-6-23-17(11-18)12-25(48-15-27(42)34-2)32(46)39(23)9-10-47-19-4-5-20-21(13-19)31(45)40(30(20)44)24-7-8-26(41)38-29(24)43/h3-6,11-14,24H,7-10,15H2,1-2H3,(H,34,42)(H,35,36,37)(H,38,41,43). The minimum absolute atomic E-state index is 0.0120. The molecule has 2 aliphatic heterocycles. The first kappa shape index (κ1) is 32.1. The van der Waals surface area contributed by atoms with Crippen LogP contribution in [0.4, 0.5) is 11.5 Å². The Bertz CT molecular complexity index is 2080. The van der Waals surface area contributed by atoms with Crippen molar-refractivity contribution in [2.75, 3.05) is 25.6 Å². The van der Waals surface area contributed by atoms with Crippen LogP contribution in [-0.2, 0) is 20.9 Å². The van der Waals surface area contributed by atoms with Crippen molar-refractivity contribution in [2.24, 2.45) is 0 Å². The van der Waals surface area contributed by atoms with Crippen molar-refractivity contribution in [3.8, 4) is 11.5 Å². The Labute approximate surface area is 277 Å². The highest BCUT2D eigenvalue weighted by Crippen LogP contribution is 2.31. The van der Waals surface area contributed by atoms with Crippen LogP contribution in [0.25, 0.3) is 10.9 Å². The molecule has 3 N–H and O–H groups in total. The Kier molecular flexibility index (Phi) is 8.78. The number of piperidine rings is 1. The van der Waals surface area contributed by atoms with E-state index in [2.05, 4.69) is 25.9 Å². The minimum Gasteiger partial charge on any atom is -0.492 e. The molecule has 48 heavy (non-hydrogen) atoms. The molecule has 1 saturated heterocycles. The summed E-state index contributed by atoms with van der Waals surface area (Å²) in [7, 11) is 1.45. The summed E-state index contributed by atoms with van der Waals surface area (Å²) < 4.78 is 12.9. The highest BCUT2D eigenvalue weighted by molar-refractivity contribution is 6.32. The maximum absolute atomic E-state index is 13.5. The third-order valence-corrected chi connectivity index (χ3v) is 8.10. The van der Waals surface area contributed by atoms with Gasteiger partial charge >= 0.3 is 0 Å². The summed E-state index contributed by atoms with van der Waals surface area (Å²) in [6.07, 6.45) is 1.54. The summed E-state index contributed by atoms with van der Waals surface area (Å²) in [6.45, 7) is 1.37. The SMILES string of the molecule is CNC(=O)COc1cc2cc(Nc3nc(C)ncc3Cl)ccc2n(CCOc2ccc3c(c2)C(=O)N(C2CCC(=O)NC2=O)C3=O)c1=O. The predicted molar refractivity (Wildman–Crippen MR) is 171 cm³/mol. The molecule has 4 heterocycles. The number of nitrogens with one attached hydrogen (secondary N) is 3. The molecule has 0 radical (unpaired) electrons. The van der Waals surface area contributed by atoms with Crippen LogP contribution in [0, 0.1) is 6.92 Å². The fraction of sp³-hybridized carbons (Fsp3) is 0.250. The van der Waals surface area contributed by atoms with Gasteiger partial charge in [0.25, 0.3) is 23.3 Å². The number of aryl methyl sites for hydroxylation is 1. The molecule has 246 valence electrons. The molecule has 15 nitrogen and oxygen atoms in total. The monoisotopic (exact) mass is 673 g/mol. The summed E-state index contributed by atoms with van der Waals surface area (Å²) in [5.74, 6) is -1.76. The number of rotatable bonds is 10. The molecule has 0 saturated carbocycles. The van der Waals surface area contributed by atoms with Gasteiger partial charge in [0.05, 0.1) is 29.4 Å². The molecule has 0 aliphatic carbocycles. The average Bonchev–Trinajstić information content (AvgIpc) is 3.31. The second-order valence-corrected chi connectivity index (χ2v) is 11.3. The molecule has 2 aromatic carbocycles. The molecule has 16 heteroatoms. The number of hydrogen-bond acceptors (Lipinski definition) is 11. The number of carbonyl (C=O) groups is 5. The number of nitrogens with zero attached hydrogens (tertiary/aromatic N) is 4. The van der Waals surface area contributed by atoms with E-state index in [0.717, 1.165) is 4.90 Å². The van der Waals surface area contributed by atoms with Crippen LogP contribution in [0.2, 0.25) is 5.02 Å². The maximum Gasteiger partial charge on any atom is 0.293 e. The Morgan fingerprint density at radius 2 is 1.83 bits per heavy atom. The molecule has 5 amide bonds. The van der Waals surface area contributed by atoms with E-state index < -0.39 is 41.1 Å². The highest BCUT2D eigenvalue weighted by atomic mass is 35.5. The van der Waals surface area contributed by atoms with Gasteiger partial charge in [0.1, 0.15) is 29.2 Å². The van der Waals surface area contributed by atoms with Crippen LogP contribution in [0.3, 0.4) is 0 Å². The first-order chi connectivity index (χ1) is 23.0. The van der Waals surface area contributed by atoms with Crippen molar-refractivity contribution in [3.63, 3.8) is 0 Å². The molecular formula is C32H28ClN7O8. The fourth-order valence-electron chi connectivity index (χ4n) is 5.45. The number of anilines is 2. The average molecular weight is 674 g/mol. The predicted octanol–water partition coefficient (Wildman–Crippen LogP) is 2.10. The number of carbonyl (C=O) groups excluding carboxylic acids is 5. The third kappa shape index (κ3) is 6.27. The van der Waals surface area contributed by atoms with E-state index in [0.29, 0.717) is 33.3 Å². The molecular weight excluding hydrogens is 646 g/mol. The van der Waals surface area contributed by atoms with Crippen LogP contribution in [0.1, 0.15) is 39.4 Å². The molecule has 0 bridgehead atoms. The summed E-state index contributed by atoms with van der Waals surface area (Å²) >= 11 is 6.26. The van der Waals surface area contributed by atoms with E-state index >= 15 is 0 Å². The Morgan fingerprint density at radius 3 is 2.60 bits per heavy atom. The van der Waals surface area contributed by atoms with Gasteiger partial charge in [0.15, 0.2) is 18.2 Å². The molecule has 1 unspecified atom stereocenters. The lowest BCUT2D eigenvalue weighted by Crippen LogP contribution is -2.54. The largest absolute Gasteiger partial charge is 0.492 e. The lowest BCUT2D eigenvalue weighted by molar-refractivity contribution is -0.136. The van der Waals surface area contributed by atoms with Gasteiger partial charge in [-0.3, -0.25) is 39.0 Å². The Balaban J connectivity index is 1.23. The van der Waals surface area contributed by atoms with Gasteiger partial charge in [-0.05, 0) is 55.8 Å². The smallest absolute Gasteiger partial charge is 0.293 e. The van der Waals surface area contributed by atoms with Crippen molar-refractivity contribution in [1.29, 1.82) is 0 Å². The first-order valence-corrected chi connectivity index (χ1v) is 15.2. The van der Waals surface area contributed by atoms with Crippen LogP contribution in [0.5, 0.6) is 11.5 Å². The van der Waals surface area contributed by atoms with E-state index in [1.165, 1.54) is 42.1 Å². The van der Waals surface area contributed by atoms with E-state index in [9.17, 15) is 28.8 Å². The molecule has 1 fully saturated rings. The lowest BCUT2D eigenvalue weighted by atomic mass is 10.0. The highest BCUT2D eigenvalue weighted by Gasteiger charge is 2.44. The summed E-state index contributed by atoms with van der Waals surface area (Å²) in [4.78, 5) is 84.8. The summed E-state index contributed by atoms with van der Waals surface area (Å²) in [5, 5.41) is 8.68. The van der Waals surface area contributed by atoms with E-state index in [4.69, 9.17) is 21.1 Å².